The summed E-state index contributed by atoms with van der Waals surface area (Å²) in [5, 5.41) is 11.4. The molecule has 34 heavy (non-hydrogen) atoms. The van der Waals surface area contributed by atoms with Crippen LogP contribution in [0.2, 0.25) is 0 Å². The van der Waals surface area contributed by atoms with E-state index in [0.717, 1.165) is 21.6 Å². The molecule has 0 aliphatic heterocycles. The minimum atomic E-state index is -0.300. The van der Waals surface area contributed by atoms with Crippen molar-refractivity contribution in [3.63, 3.8) is 0 Å². The number of amides is 1. The number of pyridine rings is 1. The Morgan fingerprint density at radius 2 is 1.97 bits per heavy atom. The molecule has 6 rings (SSSR count). The fourth-order valence-electron chi connectivity index (χ4n) is 3.90. The molecule has 4 heterocycles. The van der Waals surface area contributed by atoms with E-state index >= 15 is 0 Å². The Balaban J connectivity index is 1.28. The van der Waals surface area contributed by atoms with Crippen molar-refractivity contribution >= 4 is 33.3 Å². The Morgan fingerprint density at radius 1 is 1.12 bits per heavy atom. The molecule has 1 N–H and O–H groups in total. The predicted octanol–water partition coefficient (Wildman–Crippen LogP) is 4.85. The molecular weight excluding hydrogens is 448 g/mol. The summed E-state index contributed by atoms with van der Waals surface area (Å²) in [6.45, 7) is 4.10. The van der Waals surface area contributed by atoms with Gasteiger partial charge in [-0.15, -0.1) is 21.5 Å². The van der Waals surface area contributed by atoms with Gasteiger partial charge in [-0.05, 0) is 51.0 Å². The number of imidazole rings is 1. The lowest BCUT2D eigenvalue weighted by molar-refractivity contribution is 0.102. The molecule has 0 bridgehead atoms. The molecule has 0 atom stereocenters. The smallest absolute Gasteiger partial charge is 0.285 e. The average Bonchev–Trinajstić information content (AvgIpc) is 3.25. The Labute approximate surface area is 199 Å². The predicted molar refractivity (Wildman–Crippen MR) is 130 cm³/mol. The topological polar surface area (TPSA) is 103 Å². The fraction of sp³-hybridized carbons (Fsp3) is 0.250. The summed E-state index contributed by atoms with van der Waals surface area (Å²) in [4.78, 5) is 26.8. The fourth-order valence-corrected chi connectivity index (χ4v) is 4.78. The molecule has 10 heteroatoms. The van der Waals surface area contributed by atoms with E-state index in [9.17, 15) is 4.79 Å². The summed E-state index contributed by atoms with van der Waals surface area (Å²) in [7, 11) is 0. The van der Waals surface area contributed by atoms with Crippen molar-refractivity contribution in [2.75, 3.05) is 5.32 Å². The summed E-state index contributed by atoms with van der Waals surface area (Å²) in [5.41, 5.74) is 3.45. The van der Waals surface area contributed by atoms with Gasteiger partial charge in [0.25, 0.3) is 5.91 Å². The third-order valence-electron chi connectivity index (χ3n) is 5.82. The number of thiazole rings is 1. The van der Waals surface area contributed by atoms with Gasteiger partial charge >= 0.3 is 0 Å². The highest BCUT2D eigenvalue weighted by Crippen LogP contribution is 2.39. The Hall–Kier alpha value is -3.92. The molecule has 5 aromatic rings. The van der Waals surface area contributed by atoms with E-state index in [4.69, 9.17) is 0 Å². The zero-order chi connectivity index (χ0) is 23.2. The van der Waals surface area contributed by atoms with Crippen LogP contribution >= 0.6 is 11.3 Å². The van der Waals surface area contributed by atoms with E-state index in [2.05, 4.69) is 50.5 Å². The van der Waals surface area contributed by atoms with Gasteiger partial charge in [-0.3, -0.25) is 4.79 Å². The highest BCUT2D eigenvalue weighted by molar-refractivity contribution is 7.20. The lowest BCUT2D eigenvalue weighted by Gasteiger charge is -2.10. The van der Waals surface area contributed by atoms with Gasteiger partial charge < -0.3 is 14.5 Å². The first-order valence-corrected chi connectivity index (χ1v) is 12.0. The summed E-state index contributed by atoms with van der Waals surface area (Å²) in [5.74, 6) is 1.37. The van der Waals surface area contributed by atoms with Gasteiger partial charge in [-0.25, -0.2) is 15.0 Å². The van der Waals surface area contributed by atoms with Crippen molar-refractivity contribution in [1.29, 1.82) is 0 Å². The van der Waals surface area contributed by atoms with Gasteiger partial charge in [0.05, 0.1) is 22.4 Å². The zero-order valence-corrected chi connectivity index (χ0v) is 19.5. The molecule has 9 nitrogen and oxygen atoms in total. The molecular formula is C24H22N8OS. The minimum Gasteiger partial charge on any atom is -0.310 e. The number of fused-ring (bicyclic) bond motifs is 1. The quantitative estimate of drug-likeness (QED) is 0.381. The molecule has 4 aromatic heterocycles. The maximum atomic E-state index is 13.1. The lowest BCUT2D eigenvalue weighted by Crippen LogP contribution is -2.13. The van der Waals surface area contributed by atoms with Gasteiger partial charge in [-0.2, -0.15) is 0 Å². The van der Waals surface area contributed by atoms with Gasteiger partial charge in [0.1, 0.15) is 23.4 Å². The molecule has 1 fully saturated rings. The first kappa shape index (κ1) is 20.7. The van der Waals surface area contributed by atoms with Crippen molar-refractivity contribution in [2.45, 2.75) is 38.6 Å². The van der Waals surface area contributed by atoms with Crippen molar-refractivity contribution in [2.24, 2.45) is 0 Å². The first-order chi connectivity index (χ1) is 16.6. The monoisotopic (exact) mass is 470 g/mol. The molecule has 0 spiro atoms. The second-order valence-corrected chi connectivity index (χ2v) is 9.67. The highest BCUT2D eigenvalue weighted by atomic mass is 32.1. The Bertz CT molecular complexity index is 1510. The summed E-state index contributed by atoms with van der Waals surface area (Å²) in [6.07, 6.45) is 7.98. The number of anilines is 1. The number of para-hydroxylation sites is 1. The Kier molecular flexibility index (Phi) is 4.95. The van der Waals surface area contributed by atoms with Crippen LogP contribution in [0.4, 0.5) is 5.82 Å². The second kappa shape index (κ2) is 8.14. The molecule has 1 saturated carbocycles. The van der Waals surface area contributed by atoms with Crippen LogP contribution in [0.25, 0.3) is 27.4 Å². The Morgan fingerprint density at radius 3 is 2.79 bits per heavy atom. The maximum Gasteiger partial charge on any atom is 0.285 e. The molecule has 170 valence electrons. The van der Waals surface area contributed by atoms with Crippen LogP contribution in [0.15, 0.2) is 55.2 Å². The first-order valence-electron chi connectivity index (χ1n) is 11.2. The number of hydrogen-bond donors (Lipinski definition) is 1. The van der Waals surface area contributed by atoms with E-state index in [1.54, 1.807) is 12.4 Å². The molecule has 0 radical (unpaired) electrons. The summed E-state index contributed by atoms with van der Waals surface area (Å²) in [6, 6.07) is 11.6. The average molecular weight is 471 g/mol. The van der Waals surface area contributed by atoms with Crippen LogP contribution in [0, 0.1) is 0 Å². The van der Waals surface area contributed by atoms with Gasteiger partial charge in [-0.1, -0.05) is 12.1 Å². The third-order valence-corrected chi connectivity index (χ3v) is 6.84. The normalized spacial score (nSPS) is 13.6. The van der Waals surface area contributed by atoms with Crippen molar-refractivity contribution in [3.8, 4) is 17.2 Å². The van der Waals surface area contributed by atoms with Crippen molar-refractivity contribution in [3.05, 3.63) is 66.0 Å². The van der Waals surface area contributed by atoms with Crippen LogP contribution < -0.4 is 5.32 Å². The minimum absolute atomic E-state index is 0.192. The number of hydrogen-bond acceptors (Lipinski definition) is 7. The number of carbonyl (C=O) groups is 1. The highest BCUT2D eigenvalue weighted by Gasteiger charge is 2.26. The largest absolute Gasteiger partial charge is 0.310 e. The second-order valence-electron chi connectivity index (χ2n) is 8.64. The molecule has 1 amide bonds. The SMILES string of the molecule is CC(C)n1cnnc1-c1cccc(NC(=O)c2nc3c(-n4cnc(C5CC5)c4)cccc3s2)n1. The number of rotatable bonds is 6. The van der Waals surface area contributed by atoms with Gasteiger partial charge in [0, 0.05) is 18.2 Å². The van der Waals surface area contributed by atoms with Crippen LogP contribution in [0.3, 0.4) is 0 Å². The van der Waals surface area contributed by atoms with Crippen LogP contribution in [-0.2, 0) is 0 Å². The van der Waals surface area contributed by atoms with Crippen molar-refractivity contribution < 1.29 is 4.79 Å². The number of nitrogens with zero attached hydrogens (tertiary/aromatic N) is 7. The molecule has 0 unspecified atom stereocenters. The van der Waals surface area contributed by atoms with E-state index in [1.807, 2.05) is 45.8 Å². The number of aromatic nitrogens is 7. The van der Waals surface area contributed by atoms with Crippen LogP contribution in [-0.4, -0.2) is 40.2 Å². The number of benzene rings is 1. The standard InChI is InChI=1S/C24H22N8OS/c1-14(2)32-13-26-30-22(32)16-5-3-8-20(27-16)28-23(33)24-29-21-18(6-4-7-19(21)34-24)31-11-17(25-12-31)15-9-10-15/h3-8,11-15H,9-10H2,1-2H3,(H,27,28,33). The van der Waals surface area contributed by atoms with E-state index in [1.165, 1.54) is 24.2 Å². The van der Waals surface area contributed by atoms with E-state index in [0.29, 0.717) is 28.3 Å². The molecule has 1 aromatic carbocycles. The van der Waals surface area contributed by atoms with Crippen molar-refractivity contribution in [1.82, 2.24) is 34.3 Å². The summed E-state index contributed by atoms with van der Waals surface area (Å²) < 4.78 is 4.87. The van der Waals surface area contributed by atoms with Gasteiger partial charge in [0.2, 0.25) is 0 Å². The molecule has 1 aliphatic carbocycles. The van der Waals surface area contributed by atoms with E-state index in [-0.39, 0.29) is 11.9 Å². The molecule has 1 aliphatic rings. The summed E-state index contributed by atoms with van der Waals surface area (Å²) >= 11 is 1.36. The van der Waals surface area contributed by atoms with E-state index < -0.39 is 0 Å². The number of nitrogens with one attached hydrogen (secondary N) is 1. The van der Waals surface area contributed by atoms with Crippen LogP contribution in [0.1, 0.15) is 54.1 Å². The number of carbonyl (C=O) groups excluding carboxylic acids is 1. The maximum absolute atomic E-state index is 13.1. The molecule has 0 saturated heterocycles. The third kappa shape index (κ3) is 3.75. The lowest BCUT2D eigenvalue weighted by atomic mass is 10.3. The zero-order valence-electron chi connectivity index (χ0n) is 18.7. The van der Waals surface area contributed by atoms with Gasteiger partial charge in [0.15, 0.2) is 10.8 Å². The van der Waals surface area contributed by atoms with Crippen LogP contribution in [0.5, 0.6) is 0 Å².